The van der Waals surface area contributed by atoms with Gasteiger partial charge in [0.2, 0.25) is 0 Å². The molecule has 1 aromatic rings. The molecule has 0 heterocycles. The van der Waals surface area contributed by atoms with E-state index in [4.69, 9.17) is 11.0 Å². The van der Waals surface area contributed by atoms with Gasteiger partial charge in [-0.2, -0.15) is 5.26 Å². The van der Waals surface area contributed by atoms with Crippen LogP contribution in [0, 0.1) is 11.3 Å². The fraction of sp³-hybridized carbons (Fsp3) is 0.450. The highest BCUT2D eigenvalue weighted by molar-refractivity contribution is 5.88. The molecule has 1 rings (SSSR count). The number of allylic oxidation sites excluding steroid dienone is 2. The van der Waals surface area contributed by atoms with Gasteiger partial charge in [-0.1, -0.05) is 41.5 Å². The Morgan fingerprint density at radius 2 is 1.60 bits per heavy atom. The Bertz CT molecular complexity index is 731. The van der Waals surface area contributed by atoms with E-state index >= 15 is 0 Å². The first-order valence-electron chi connectivity index (χ1n) is 8.16. The van der Waals surface area contributed by atoms with Crippen LogP contribution in [-0.4, -0.2) is 24.6 Å². The third kappa shape index (κ3) is 5.18. The predicted octanol–water partition coefficient (Wildman–Crippen LogP) is 3.80. The van der Waals surface area contributed by atoms with Crippen molar-refractivity contribution in [3.63, 3.8) is 0 Å². The number of benzene rings is 1. The summed E-state index contributed by atoms with van der Waals surface area (Å²) in [7, 11) is 1.59. The summed E-state index contributed by atoms with van der Waals surface area (Å²) in [5.74, 6) is 0.319. The number of hydrogen-bond donors (Lipinski definition) is 2. The maximum atomic E-state index is 10.7. The van der Waals surface area contributed by atoms with Crippen LogP contribution in [0.3, 0.4) is 0 Å². The number of hydrogen-bond acceptors (Lipinski definition) is 5. The van der Waals surface area contributed by atoms with Crippen LogP contribution in [0.5, 0.6) is 5.75 Å². The zero-order valence-corrected chi connectivity index (χ0v) is 16.2. The predicted molar refractivity (Wildman–Crippen MR) is 104 cm³/mol. The molecule has 0 aliphatic heterocycles. The third-order valence-corrected chi connectivity index (χ3v) is 3.75. The van der Waals surface area contributed by atoms with Gasteiger partial charge in [-0.3, -0.25) is 9.98 Å². The third-order valence-electron chi connectivity index (χ3n) is 3.75. The summed E-state index contributed by atoms with van der Waals surface area (Å²) in [6.45, 7) is 12.3. The molecule has 0 aliphatic rings. The van der Waals surface area contributed by atoms with Gasteiger partial charge in [0.05, 0.1) is 0 Å². The lowest BCUT2D eigenvalue weighted by molar-refractivity contribution is 0.423. The normalized spacial score (nSPS) is 14.0. The summed E-state index contributed by atoms with van der Waals surface area (Å²) < 4.78 is 0. The molecule has 0 radical (unpaired) electrons. The molecular weight excluding hydrogens is 312 g/mol. The molecule has 0 amide bonds. The molecule has 1 aromatic carbocycles. The fourth-order valence-corrected chi connectivity index (χ4v) is 2.37. The largest absolute Gasteiger partial charge is 0.507 e. The highest BCUT2D eigenvalue weighted by Gasteiger charge is 2.26. The van der Waals surface area contributed by atoms with Crippen molar-refractivity contribution in [2.24, 2.45) is 15.7 Å². The number of phenolic OH excluding ortho intramolecular Hbond substituents is 1. The Morgan fingerprint density at radius 3 is 1.96 bits per heavy atom. The Morgan fingerprint density at radius 1 is 1.12 bits per heavy atom. The van der Waals surface area contributed by atoms with Crippen molar-refractivity contribution in [2.75, 3.05) is 7.05 Å². The average molecular weight is 340 g/mol. The van der Waals surface area contributed by atoms with Crippen molar-refractivity contribution in [1.82, 2.24) is 0 Å². The van der Waals surface area contributed by atoms with E-state index in [1.165, 1.54) is 6.21 Å². The summed E-state index contributed by atoms with van der Waals surface area (Å²) >= 11 is 0. The van der Waals surface area contributed by atoms with Crippen LogP contribution < -0.4 is 5.73 Å². The molecule has 0 bridgehead atoms. The van der Waals surface area contributed by atoms with Gasteiger partial charge in [0.25, 0.3) is 0 Å². The highest BCUT2D eigenvalue weighted by atomic mass is 16.3. The standard InChI is InChI=1S/C20H28N4O/c1-19(2,3)14-8-13(9-15(18(14)25)20(4,5)6)11-24-17(12-23-7)16(22)10-21/h8-9,11-12,25H,22H2,1-7H3/b17-16-,23-12-,24-11+. The molecule has 5 nitrogen and oxygen atoms in total. The molecule has 3 N–H and O–H groups in total. The van der Waals surface area contributed by atoms with Crippen LogP contribution in [0.4, 0.5) is 0 Å². The molecule has 0 saturated heterocycles. The Kier molecular flexibility index (Phi) is 6.15. The van der Waals surface area contributed by atoms with Gasteiger partial charge in [-0.15, -0.1) is 0 Å². The summed E-state index contributed by atoms with van der Waals surface area (Å²) in [6.07, 6.45) is 3.09. The first kappa shape index (κ1) is 20.4. The zero-order valence-electron chi connectivity index (χ0n) is 16.2. The van der Waals surface area contributed by atoms with E-state index in [-0.39, 0.29) is 16.5 Å². The Hall–Kier alpha value is -2.61. The van der Waals surface area contributed by atoms with E-state index in [1.54, 1.807) is 13.3 Å². The topological polar surface area (TPSA) is 94.8 Å². The number of nitriles is 1. The second kappa shape index (κ2) is 7.52. The van der Waals surface area contributed by atoms with E-state index in [2.05, 4.69) is 51.5 Å². The van der Waals surface area contributed by atoms with Crippen molar-refractivity contribution >= 4 is 12.4 Å². The quantitative estimate of drug-likeness (QED) is 0.647. The lowest BCUT2D eigenvalue weighted by Gasteiger charge is -2.27. The van der Waals surface area contributed by atoms with Gasteiger partial charge in [0.15, 0.2) is 0 Å². The SMILES string of the molecule is C\N=C/C(/N=C/c1cc(C(C)(C)C)c(O)c(C(C)(C)C)c1)=C(/N)C#N. The van der Waals surface area contributed by atoms with Crippen molar-refractivity contribution < 1.29 is 5.11 Å². The lowest BCUT2D eigenvalue weighted by atomic mass is 9.78. The zero-order chi connectivity index (χ0) is 19.4. The number of rotatable bonds is 3. The molecule has 0 aliphatic carbocycles. The molecule has 0 atom stereocenters. The molecule has 0 saturated carbocycles. The van der Waals surface area contributed by atoms with E-state index in [0.29, 0.717) is 11.4 Å². The van der Waals surface area contributed by atoms with Crippen molar-refractivity contribution in [1.29, 1.82) is 5.26 Å². The fourth-order valence-electron chi connectivity index (χ4n) is 2.37. The maximum Gasteiger partial charge on any atom is 0.138 e. The van der Waals surface area contributed by atoms with E-state index in [9.17, 15) is 5.11 Å². The number of phenols is 1. The first-order chi connectivity index (χ1) is 11.4. The average Bonchev–Trinajstić information content (AvgIpc) is 2.49. The monoisotopic (exact) mass is 340 g/mol. The van der Waals surface area contributed by atoms with E-state index in [0.717, 1.165) is 16.7 Å². The van der Waals surface area contributed by atoms with Gasteiger partial charge in [0.1, 0.15) is 23.2 Å². The Labute approximate surface area is 150 Å². The van der Waals surface area contributed by atoms with Gasteiger partial charge in [-0.05, 0) is 28.5 Å². The summed E-state index contributed by atoms with van der Waals surface area (Å²) in [5.41, 5.74) is 8.08. The first-order valence-corrected chi connectivity index (χ1v) is 8.16. The summed E-state index contributed by atoms with van der Waals surface area (Å²) in [5, 5.41) is 19.7. The van der Waals surface area contributed by atoms with Gasteiger partial charge in [0, 0.05) is 30.6 Å². The number of aliphatic imine (C=N–C) groups is 2. The van der Waals surface area contributed by atoms with Gasteiger partial charge in [-0.25, -0.2) is 0 Å². The Balaban J connectivity index is 3.57. The molecule has 0 spiro atoms. The van der Waals surface area contributed by atoms with Crippen molar-refractivity contribution in [3.8, 4) is 11.8 Å². The molecule has 25 heavy (non-hydrogen) atoms. The molecule has 0 unspecified atom stereocenters. The van der Waals surface area contributed by atoms with Crippen LogP contribution >= 0.6 is 0 Å². The van der Waals surface area contributed by atoms with Crippen LogP contribution in [0.25, 0.3) is 0 Å². The van der Waals surface area contributed by atoms with Gasteiger partial charge >= 0.3 is 0 Å². The van der Waals surface area contributed by atoms with Crippen molar-refractivity contribution in [2.45, 2.75) is 52.4 Å². The minimum absolute atomic E-state index is 0.00715. The van der Waals surface area contributed by atoms with E-state index in [1.807, 2.05) is 18.2 Å². The summed E-state index contributed by atoms with van der Waals surface area (Å²) in [6, 6.07) is 5.71. The van der Waals surface area contributed by atoms with Gasteiger partial charge < -0.3 is 10.8 Å². The number of nitrogens with zero attached hydrogens (tertiary/aromatic N) is 3. The maximum absolute atomic E-state index is 10.7. The molecule has 0 aromatic heterocycles. The minimum atomic E-state index is -0.219. The number of nitrogens with two attached hydrogens (primary N) is 1. The molecular formula is C20H28N4O. The van der Waals surface area contributed by atoms with Crippen LogP contribution in [0.1, 0.15) is 58.2 Å². The molecule has 134 valence electrons. The molecule has 0 fully saturated rings. The second-order valence-corrected chi connectivity index (χ2v) is 8.02. The highest BCUT2D eigenvalue weighted by Crippen LogP contribution is 2.39. The van der Waals surface area contributed by atoms with Crippen LogP contribution in [0.2, 0.25) is 0 Å². The smallest absolute Gasteiger partial charge is 0.138 e. The minimum Gasteiger partial charge on any atom is -0.507 e. The molecule has 5 heteroatoms. The van der Waals surface area contributed by atoms with Crippen LogP contribution in [0.15, 0.2) is 33.5 Å². The number of aromatic hydroxyl groups is 1. The van der Waals surface area contributed by atoms with Crippen molar-refractivity contribution in [3.05, 3.63) is 40.2 Å². The summed E-state index contributed by atoms with van der Waals surface area (Å²) in [4.78, 5) is 8.18. The van der Waals surface area contributed by atoms with Crippen LogP contribution in [-0.2, 0) is 10.8 Å². The lowest BCUT2D eigenvalue weighted by Crippen LogP contribution is -2.17. The second-order valence-electron chi connectivity index (χ2n) is 8.02. The van der Waals surface area contributed by atoms with E-state index < -0.39 is 0 Å².